The molecule has 0 fully saturated rings. The number of rotatable bonds is 5. The summed E-state index contributed by atoms with van der Waals surface area (Å²) in [6, 6.07) is 6.88. The average molecular weight is 254 g/mol. The molecule has 1 aromatic rings. The molecule has 0 radical (unpaired) electrons. The fourth-order valence-corrected chi connectivity index (χ4v) is 2.62. The number of halogens is 1. The molecule has 0 aromatic heterocycles. The van der Waals surface area contributed by atoms with Gasteiger partial charge in [-0.2, -0.15) is 0 Å². The fourth-order valence-electron chi connectivity index (χ4n) is 2.31. The van der Waals surface area contributed by atoms with E-state index in [0.29, 0.717) is 6.04 Å². The van der Waals surface area contributed by atoms with Crippen LogP contribution < -0.4 is 5.32 Å². The van der Waals surface area contributed by atoms with Crippen molar-refractivity contribution in [1.29, 1.82) is 0 Å². The van der Waals surface area contributed by atoms with Gasteiger partial charge in [-0.05, 0) is 56.3 Å². The molecular weight excluding hydrogens is 230 g/mol. The maximum atomic E-state index is 6.29. The molecule has 0 amide bonds. The van der Waals surface area contributed by atoms with E-state index < -0.39 is 0 Å². The molecule has 0 saturated carbocycles. The Morgan fingerprint density at radius 2 is 2.00 bits per heavy atom. The molecule has 1 atom stereocenters. The smallest absolute Gasteiger partial charge is 0.0440 e. The highest BCUT2D eigenvalue weighted by atomic mass is 35.5. The van der Waals surface area contributed by atoms with Crippen LogP contribution in [0, 0.1) is 12.3 Å². The number of hydrogen-bond acceptors (Lipinski definition) is 1. The molecule has 17 heavy (non-hydrogen) atoms. The lowest BCUT2D eigenvalue weighted by molar-refractivity contribution is 0.293. The normalized spacial score (nSPS) is 13.8. The molecule has 96 valence electrons. The molecule has 0 spiro atoms. The van der Waals surface area contributed by atoms with Crippen molar-refractivity contribution >= 4 is 11.6 Å². The number of nitrogens with one attached hydrogen (secondary N) is 1. The van der Waals surface area contributed by atoms with Gasteiger partial charge in [-0.3, -0.25) is 0 Å². The first-order valence-corrected chi connectivity index (χ1v) is 6.64. The highest BCUT2D eigenvalue weighted by molar-refractivity contribution is 6.31. The fraction of sp³-hybridized carbons (Fsp3) is 0.600. The third-order valence-corrected chi connectivity index (χ3v) is 3.58. The zero-order valence-electron chi connectivity index (χ0n) is 11.6. The van der Waals surface area contributed by atoms with Crippen LogP contribution in [-0.4, -0.2) is 13.1 Å². The molecule has 0 bridgehead atoms. The van der Waals surface area contributed by atoms with E-state index in [-0.39, 0.29) is 5.41 Å². The molecule has 0 aliphatic rings. The van der Waals surface area contributed by atoms with Gasteiger partial charge in [0.1, 0.15) is 0 Å². The Morgan fingerprint density at radius 3 is 2.53 bits per heavy atom. The van der Waals surface area contributed by atoms with Crippen LogP contribution in [0.3, 0.4) is 0 Å². The van der Waals surface area contributed by atoms with Crippen molar-refractivity contribution in [3.8, 4) is 0 Å². The minimum absolute atomic E-state index is 0.265. The Bertz CT molecular complexity index is 371. The lowest BCUT2D eigenvalue weighted by Gasteiger charge is -2.28. The third kappa shape index (κ3) is 4.69. The summed E-state index contributed by atoms with van der Waals surface area (Å²) >= 11 is 6.29. The minimum Gasteiger partial charge on any atom is -0.317 e. The average Bonchev–Trinajstić information content (AvgIpc) is 2.21. The second-order valence-electron chi connectivity index (χ2n) is 5.83. The molecule has 0 saturated heterocycles. The van der Waals surface area contributed by atoms with Gasteiger partial charge in [0.05, 0.1) is 0 Å². The van der Waals surface area contributed by atoms with Crippen LogP contribution in [0.2, 0.25) is 5.02 Å². The van der Waals surface area contributed by atoms with E-state index in [1.54, 1.807) is 0 Å². The van der Waals surface area contributed by atoms with E-state index in [2.05, 4.69) is 51.2 Å². The van der Waals surface area contributed by atoms with Gasteiger partial charge in [0.2, 0.25) is 0 Å². The van der Waals surface area contributed by atoms with Crippen LogP contribution in [0.4, 0.5) is 0 Å². The van der Waals surface area contributed by atoms with Crippen molar-refractivity contribution < 1.29 is 0 Å². The summed E-state index contributed by atoms with van der Waals surface area (Å²) in [6.07, 6.45) is 2.17. The summed E-state index contributed by atoms with van der Waals surface area (Å²) < 4.78 is 0. The molecule has 1 N–H and O–H groups in total. The lowest BCUT2D eigenvalue weighted by atomic mass is 9.80. The Labute approximate surface area is 111 Å². The third-order valence-electron chi connectivity index (χ3n) is 3.23. The van der Waals surface area contributed by atoms with Gasteiger partial charge in [0.15, 0.2) is 0 Å². The van der Waals surface area contributed by atoms with Crippen molar-refractivity contribution in [1.82, 2.24) is 5.32 Å². The molecule has 1 rings (SSSR count). The summed E-state index contributed by atoms with van der Waals surface area (Å²) in [5.74, 6) is 0. The zero-order chi connectivity index (χ0) is 13.1. The van der Waals surface area contributed by atoms with Crippen molar-refractivity contribution in [3.63, 3.8) is 0 Å². The topological polar surface area (TPSA) is 12.0 Å². The van der Waals surface area contributed by atoms with Gasteiger partial charge < -0.3 is 5.32 Å². The van der Waals surface area contributed by atoms with E-state index in [0.717, 1.165) is 17.9 Å². The van der Waals surface area contributed by atoms with Gasteiger partial charge in [0.25, 0.3) is 0 Å². The van der Waals surface area contributed by atoms with Crippen LogP contribution in [0.15, 0.2) is 18.2 Å². The minimum atomic E-state index is 0.265. The quantitative estimate of drug-likeness (QED) is 0.829. The Kier molecular flexibility index (Phi) is 5.03. The Balaban J connectivity index is 2.75. The second-order valence-corrected chi connectivity index (χ2v) is 6.24. The molecule has 1 unspecified atom stereocenters. The molecule has 2 heteroatoms. The summed E-state index contributed by atoms with van der Waals surface area (Å²) in [5.41, 5.74) is 2.74. The van der Waals surface area contributed by atoms with Crippen LogP contribution >= 0.6 is 11.6 Å². The van der Waals surface area contributed by atoms with Gasteiger partial charge in [-0.25, -0.2) is 0 Å². The maximum Gasteiger partial charge on any atom is 0.0440 e. The second kappa shape index (κ2) is 5.88. The number of aryl methyl sites for hydroxylation is 1. The van der Waals surface area contributed by atoms with Gasteiger partial charge in [0, 0.05) is 11.1 Å². The zero-order valence-corrected chi connectivity index (χ0v) is 12.4. The van der Waals surface area contributed by atoms with Crippen molar-refractivity contribution in [2.24, 2.45) is 5.41 Å². The molecule has 0 aliphatic heterocycles. The molecule has 1 nitrogen and oxygen atoms in total. The van der Waals surface area contributed by atoms with Crippen molar-refractivity contribution in [3.05, 3.63) is 34.3 Å². The number of benzene rings is 1. The lowest BCUT2D eigenvalue weighted by Crippen LogP contribution is -2.29. The Morgan fingerprint density at radius 1 is 1.35 bits per heavy atom. The molecule has 0 aliphatic carbocycles. The van der Waals surface area contributed by atoms with Crippen molar-refractivity contribution in [2.75, 3.05) is 7.05 Å². The summed E-state index contributed by atoms with van der Waals surface area (Å²) in [4.78, 5) is 0. The van der Waals surface area contributed by atoms with Crippen LogP contribution in [0.5, 0.6) is 0 Å². The van der Waals surface area contributed by atoms with Crippen molar-refractivity contribution in [2.45, 2.75) is 46.6 Å². The van der Waals surface area contributed by atoms with Gasteiger partial charge in [-0.15, -0.1) is 0 Å². The first-order valence-electron chi connectivity index (χ1n) is 6.26. The van der Waals surface area contributed by atoms with Crippen LogP contribution in [0.25, 0.3) is 0 Å². The Hall–Kier alpha value is -0.530. The van der Waals surface area contributed by atoms with E-state index >= 15 is 0 Å². The molecular formula is C15H24ClN. The predicted octanol–water partition coefficient (Wildman–Crippen LogP) is 4.22. The standard InChI is InChI=1S/C15H24ClN/c1-11-6-7-13(14(16)8-11)10-15(3,4)9-12(2)17-5/h6-8,12,17H,9-10H2,1-5H3. The predicted molar refractivity (Wildman–Crippen MR) is 76.8 cm³/mol. The van der Waals surface area contributed by atoms with E-state index in [1.165, 1.54) is 11.1 Å². The maximum absolute atomic E-state index is 6.29. The number of hydrogen-bond donors (Lipinski definition) is 1. The molecule has 0 heterocycles. The van der Waals surface area contributed by atoms with E-state index in [1.807, 2.05) is 7.05 Å². The highest BCUT2D eigenvalue weighted by Crippen LogP contribution is 2.30. The SMILES string of the molecule is CNC(C)CC(C)(C)Cc1ccc(C)cc1Cl. The monoisotopic (exact) mass is 253 g/mol. The highest BCUT2D eigenvalue weighted by Gasteiger charge is 2.22. The summed E-state index contributed by atoms with van der Waals surface area (Å²) in [7, 11) is 2.01. The van der Waals surface area contributed by atoms with Gasteiger partial charge in [-0.1, -0.05) is 37.6 Å². The van der Waals surface area contributed by atoms with Gasteiger partial charge >= 0.3 is 0 Å². The van der Waals surface area contributed by atoms with E-state index in [4.69, 9.17) is 11.6 Å². The molecule has 1 aromatic carbocycles. The first kappa shape index (κ1) is 14.5. The summed E-state index contributed by atoms with van der Waals surface area (Å²) in [6.45, 7) is 8.90. The first-order chi connectivity index (χ1) is 7.84. The van der Waals surface area contributed by atoms with Crippen LogP contribution in [-0.2, 0) is 6.42 Å². The van der Waals surface area contributed by atoms with E-state index in [9.17, 15) is 0 Å². The largest absolute Gasteiger partial charge is 0.317 e. The van der Waals surface area contributed by atoms with Crippen LogP contribution in [0.1, 0.15) is 38.3 Å². The summed E-state index contributed by atoms with van der Waals surface area (Å²) in [5, 5.41) is 4.20.